The minimum absolute atomic E-state index is 0.102. The summed E-state index contributed by atoms with van der Waals surface area (Å²) in [4.78, 5) is 14.6. The molecule has 0 bridgehead atoms. The van der Waals surface area contributed by atoms with Gasteiger partial charge in [0.05, 0.1) is 21.1 Å². The number of benzene rings is 1. The fourth-order valence-electron chi connectivity index (χ4n) is 1.89. The van der Waals surface area contributed by atoms with E-state index in [4.69, 9.17) is 23.2 Å². The summed E-state index contributed by atoms with van der Waals surface area (Å²) in [7, 11) is 0. The molecule has 3 nitrogen and oxygen atoms in total. The molecule has 5 heteroatoms. The highest BCUT2D eigenvalue weighted by Gasteiger charge is 2.09. The van der Waals surface area contributed by atoms with Crippen LogP contribution in [-0.4, -0.2) is 9.55 Å². The van der Waals surface area contributed by atoms with Crippen molar-refractivity contribution in [1.29, 1.82) is 0 Å². The number of aryl methyl sites for hydroxylation is 1. The van der Waals surface area contributed by atoms with Gasteiger partial charge in [-0.1, -0.05) is 43.0 Å². The Morgan fingerprint density at radius 3 is 2.65 bits per heavy atom. The highest BCUT2D eigenvalue weighted by Crippen LogP contribution is 2.26. The van der Waals surface area contributed by atoms with E-state index in [9.17, 15) is 4.79 Å². The molecule has 1 aromatic heterocycles. The second kappa shape index (κ2) is 5.15. The second-order valence-electron chi connectivity index (χ2n) is 4.07. The topological polar surface area (TPSA) is 37.8 Å². The molecule has 0 amide bonds. The first-order chi connectivity index (χ1) is 8.13. The van der Waals surface area contributed by atoms with Gasteiger partial charge in [0.15, 0.2) is 0 Å². The number of rotatable bonds is 4. The molecular weight excluding hydrogens is 259 g/mol. The molecule has 17 heavy (non-hydrogen) atoms. The zero-order chi connectivity index (χ0) is 12.4. The van der Waals surface area contributed by atoms with Crippen molar-refractivity contribution < 1.29 is 0 Å². The van der Waals surface area contributed by atoms with Crippen LogP contribution in [-0.2, 0) is 6.54 Å². The van der Waals surface area contributed by atoms with Gasteiger partial charge in [-0.15, -0.1) is 0 Å². The monoisotopic (exact) mass is 272 g/mol. The number of hydrogen-bond acceptors (Lipinski definition) is 1. The molecule has 0 fully saturated rings. The summed E-state index contributed by atoms with van der Waals surface area (Å²) in [6.07, 6.45) is 3.23. The number of imidazole rings is 1. The summed E-state index contributed by atoms with van der Waals surface area (Å²) >= 11 is 11.9. The van der Waals surface area contributed by atoms with Crippen molar-refractivity contribution in [3.8, 4) is 0 Å². The van der Waals surface area contributed by atoms with Crippen molar-refractivity contribution in [3.05, 3.63) is 32.7 Å². The number of hydrogen-bond donors (Lipinski definition) is 1. The Balaban J connectivity index is 2.44. The van der Waals surface area contributed by atoms with Gasteiger partial charge in [-0.05, 0) is 18.6 Å². The quantitative estimate of drug-likeness (QED) is 0.845. The Morgan fingerprint density at radius 1 is 1.24 bits per heavy atom. The van der Waals surface area contributed by atoms with Crippen LogP contribution in [0.2, 0.25) is 10.0 Å². The first kappa shape index (κ1) is 12.5. The number of nitrogens with one attached hydrogen (secondary N) is 1. The first-order valence-corrected chi connectivity index (χ1v) is 6.46. The van der Waals surface area contributed by atoms with Crippen molar-refractivity contribution in [2.75, 3.05) is 0 Å². The SMILES string of the molecule is CCCCCn1c(=O)[nH]c2cc(Cl)c(Cl)cc21. The summed E-state index contributed by atoms with van der Waals surface area (Å²) in [6, 6.07) is 3.43. The summed E-state index contributed by atoms with van der Waals surface area (Å²) in [5, 5.41) is 0.934. The maximum atomic E-state index is 11.8. The van der Waals surface area contributed by atoms with Gasteiger partial charge in [-0.3, -0.25) is 4.57 Å². The van der Waals surface area contributed by atoms with Crippen LogP contribution in [0.1, 0.15) is 26.2 Å². The Bertz CT molecular complexity index is 586. The highest BCUT2D eigenvalue weighted by molar-refractivity contribution is 6.42. The van der Waals surface area contributed by atoms with E-state index < -0.39 is 0 Å². The van der Waals surface area contributed by atoms with E-state index in [-0.39, 0.29) is 5.69 Å². The molecule has 0 aliphatic heterocycles. The molecule has 0 radical (unpaired) electrons. The zero-order valence-electron chi connectivity index (χ0n) is 9.59. The predicted molar refractivity (Wildman–Crippen MR) is 72.1 cm³/mol. The van der Waals surface area contributed by atoms with Crippen LogP contribution in [0.4, 0.5) is 0 Å². The van der Waals surface area contributed by atoms with Gasteiger partial charge in [-0.25, -0.2) is 4.79 Å². The minimum atomic E-state index is -0.102. The van der Waals surface area contributed by atoms with Crippen molar-refractivity contribution >= 4 is 34.2 Å². The maximum absolute atomic E-state index is 11.8. The average molecular weight is 273 g/mol. The van der Waals surface area contributed by atoms with Gasteiger partial charge >= 0.3 is 5.69 Å². The number of H-pyrrole nitrogens is 1. The van der Waals surface area contributed by atoms with Crippen LogP contribution in [0.15, 0.2) is 16.9 Å². The molecule has 0 spiro atoms. The van der Waals surface area contributed by atoms with E-state index in [0.717, 1.165) is 30.3 Å². The zero-order valence-corrected chi connectivity index (χ0v) is 11.1. The third kappa shape index (κ3) is 2.50. The molecule has 0 aliphatic rings. The predicted octanol–water partition coefficient (Wildman–Crippen LogP) is 3.83. The van der Waals surface area contributed by atoms with E-state index in [1.54, 1.807) is 16.7 Å². The number of aromatic amines is 1. The van der Waals surface area contributed by atoms with Gasteiger partial charge in [-0.2, -0.15) is 0 Å². The number of fused-ring (bicyclic) bond motifs is 1. The van der Waals surface area contributed by atoms with Gasteiger partial charge < -0.3 is 4.98 Å². The first-order valence-electron chi connectivity index (χ1n) is 5.71. The van der Waals surface area contributed by atoms with Crippen LogP contribution in [0.3, 0.4) is 0 Å². The minimum Gasteiger partial charge on any atom is -0.305 e. The van der Waals surface area contributed by atoms with Gasteiger partial charge in [0, 0.05) is 6.54 Å². The summed E-state index contributed by atoms with van der Waals surface area (Å²) in [5.41, 5.74) is 1.45. The molecule has 0 unspecified atom stereocenters. The summed E-state index contributed by atoms with van der Waals surface area (Å²) in [6.45, 7) is 2.85. The largest absolute Gasteiger partial charge is 0.326 e. The molecule has 92 valence electrons. The summed E-state index contributed by atoms with van der Waals surface area (Å²) in [5.74, 6) is 0. The molecular formula is C12H14Cl2N2O. The third-order valence-electron chi connectivity index (χ3n) is 2.80. The van der Waals surface area contributed by atoms with Crippen molar-refractivity contribution in [2.24, 2.45) is 0 Å². The van der Waals surface area contributed by atoms with Gasteiger partial charge in [0.25, 0.3) is 0 Å². The molecule has 2 aromatic rings. The van der Waals surface area contributed by atoms with Crippen LogP contribution in [0.25, 0.3) is 11.0 Å². The standard InChI is InChI=1S/C12H14Cl2N2O/c1-2-3-4-5-16-11-7-9(14)8(13)6-10(11)15-12(16)17/h6-7H,2-5H2,1H3,(H,15,17). The normalized spacial score (nSPS) is 11.2. The van der Waals surface area contributed by atoms with E-state index in [2.05, 4.69) is 11.9 Å². The Kier molecular flexibility index (Phi) is 3.79. The molecule has 1 heterocycles. The molecule has 1 N–H and O–H groups in total. The van der Waals surface area contributed by atoms with Crippen LogP contribution in [0, 0.1) is 0 Å². The average Bonchev–Trinajstić information content (AvgIpc) is 2.57. The highest BCUT2D eigenvalue weighted by atomic mass is 35.5. The fourth-order valence-corrected chi connectivity index (χ4v) is 2.22. The van der Waals surface area contributed by atoms with Crippen molar-refractivity contribution in [1.82, 2.24) is 9.55 Å². The smallest absolute Gasteiger partial charge is 0.305 e. The molecule has 2 rings (SSSR count). The van der Waals surface area contributed by atoms with E-state index in [1.165, 1.54) is 0 Å². The Hall–Kier alpha value is -0.930. The lowest BCUT2D eigenvalue weighted by Crippen LogP contribution is -2.16. The number of aromatic nitrogens is 2. The van der Waals surface area contributed by atoms with Crippen LogP contribution >= 0.6 is 23.2 Å². The van der Waals surface area contributed by atoms with Crippen molar-refractivity contribution in [2.45, 2.75) is 32.7 Å². The maximum Gasteiger partial charge on any atom is 0.326 e. The Morgan fingerprint density at radius 2 is 1.94 bits per heavy atom. The molecule has 0 atom stereocenters. The lowest BCUT2D eigenvalue weighted by atomic mass is 10.2. The van der Waals surface area contributed by atoms with Gasteiger partial charge in [0.1, 0.15) is 0 Å². The van der Waals surface area contributed by atoms with E-state index in [0.29, 0.717) is 16.6 Å². The fraction of sp³-hybridized carbons (Fsp3) is 0.417. The van der Waals surface area contributed by atoms with Gasteiger partial charge in [0.2, 0.25) is 0 Å². The lowest BCUT2D eigenvalue weighted by molar-refractivity contribution is 0.601. The molecule has 0 saturated carbocycles. The third-order valence-corrected chi connectivity index (χ3v) is 3.52. The number of unbranched alkanes of at least 4 members (excludes halogenated alkanes) is 2. The molecule has 0 aliphatic carbocycles. The van der Waals surface area contributed by atoms with Crippen LogP contribution < -0.4 is 5.69 Å². The summed E-state index contributed by atoms with van der Waals surface area (Å²) < 4.78 is 1.72. The van der Waals surface area contributed by atoms with E-state index >= 15 is 0 Å². The van der Waals surface area contributed by atoms with E-state index in [1.807, 2.05) is 0 Å². The van der Waals surface area contributed by atoms with Crippen molar-refractivity contribution in [3.63, 3.8) is 0 Å². The molecule has 0 saturated heterocycles. The van der Waals surface area contributed by atoms with Crippen LogP contribution in [0.5, 0.6) is 0 Å². The lowest BCUT2D eigenvalue weighted by Gasteiger charge is -2.03. The second-order valence-corrected chi connectivity index (χ2v) is 4.89. The number of halogens is 2. The molecule has 1 aromatic carbocycles. The number of nitrogens with zero attached hydrogens (tertiary/aromatic N) is 1. The Labute approximate surface area is 109 Å².